The minimum atomic E-state index is 0.116. The Labute approximate surface area is 132 Å². The third-order valence-electron chi connectivity index (χ3n) is 4.45. The average Bonchev–Trinajstić information content (AvgIpc) is 2.95. The molecule has 0 radical (unpaired) electrons. The second-order valence-corrected chi connectivity index (χ2v) is 6.42. The molecule has 1 unspecified atom stereocenters. The number of nitrogens with one attached hydrogen (secondary N) is 1. The molecule has 4 nitrogen and oxygen atoms in total. The molecule has 0 bridgehead atoms. The maximum atomic E-state index is 8.98. The highest BCUT2D eigenvalue weighted by Crippen LogP contribution is 2.34. The first-order valence-electron chi connectivity index (χ1n) is 8.20. The first-order chi connectivity index (χ1) is 10.7. The number of aryl methyl sites for hydroxylation is 1. The lowest BCUT2D eigenvalue weighted by Crippen LogP contribution is -2.17. The number of hydrogen-bond acceptors (Lipinski definition) is 3. The number of rotatable bonds is 5. The molecule has 0 saturated carbocycles. The molecule has 0 fully saturated rings. The summed E-state index contributed by atoms with van der Waals surface area (Å²) in [6.45, 7) is 5.14. The van der Waals surface area contributed by atoms with Gasteiger partial charge in [-0.25, -0.2) is 0 Å². The molecule has 3 rings (SSSR count). The van der Waals surface area contributed by atoms with E-state index in [9.17, 15) is 0 Å². The van der Waals surface area contributed by atoms with Gasteiger partial charge >= 0.3 is 0 Å². The molecule has 22 heavy (non-hydrogen) atoms. The zero-order chi connectivity index (χ0) is 15.5. The summed E-state index contributed by atoms with van der Waals surface area (Å²) in [6, 6.07) is 7.29. The minimum absolute atomic E-state index is 0.116. The third-order valence-corrected chi connectivity index (χ3v) is 4.45. The van der Waals surface area contributed by atoms with Gasteiger partial charge in [-0.3, -0.25) is 4.68 Å². The fourth-order valence-corrected chi connectivity index (χ4v) is 3.19. The monoisotopic (exact) mass is 299 g/mol. The van der Waals surface area contributed by atoms with E-state index in [2.05, 4.69) is 42.5 Å². The Morgan fingerprint density at radius 2 is 2.27 bits per heavy atom. The van der Waals surface area contributed by atoms with Crippen LogP contribution in [0.2, 0.25) is 0 Å². The predicted molar refractivity (Wildman–Crippen MR) is 89.1 cm³/mol. The van der Waals surface area contributed by atoms with Crippen LogP contribution >= 0.6 is 0 Å². The second-order valence-electron chi connectivity index (χ2n) is 6.42. The van der Waals surface area contributed by atoms with E-state index in [0.717, 1.165) is 12.1 Å². The van der Waals surface area contributed by atoms with Gasteiger partial charge in [-0.1, -0.05) is 32.0 Å². The van der Waals surface area contributed by atoms with E-state index in [0.29, 0.717) is 18.5 Å². The zero-order valence-corrected chi connectivity index (χ0v) is 13.4. The first-order valence-corrected chi connectivity index (χ1v) is 8.20. The Kier molecular flexibility index (Phi) is 4.48. The van der Waals surface area contributed by atoms with Gasteiger partial charge in [-0.05, 0) is 41.9 Å². The van der Waals surface area contributed by atoms with E-state index in [-0.39, 0.29) is 6.61 Å². The van der Waals surface area contributed by atoms with Crippen molar-refractivity contribution in [3.8, 4) is 0 Å². The highest BCUT2D eigenvalue weighted by atomic mass is 16.3. The predicted octanol–water partition coefficient (Wildman–Crippen LogP) is 3.49. The van der Waals surface area contributed by atoms with Crippen LogP contribution in [0.15, 0.2) is 30.6 Å². The molecule has 118 valence electrons. The van der Waals surface area contributed by atoms with E-state index in [1.165, 1.54) is 29.5 Å². The Morgan fingerprint density at radius 3 is 3.05 bits per heavy atom. The molecule has 0 amide bonds. The number of aliphatic hydroxyl groups is 1. The number of aromatic nitrogens is 2. The van der Waals surface area contributed by atoms with Crippen molar-refractivity contribution in [1.29, 1.82) is 0 Å². The van der Waals surface area contributed by atoms with Gasteiger partial charge in [0.1, 0.15) is 0 Å². The van der Waals surface area contributed by atoms with E-state index in [1.54, 1.807) is 4.68 Å². The molecule has 2 N–H and O–H groups in total. The van der Waals surface area contributed by atoms with Gasteiger partial charge in [0.25, 0.3) is 0 Å². The van der Waals surface area contributed by atoms with Gasteiger partial charge in [0, 0.05) is 6.20 Å². The Balaban J connectivity index is 1.82. The second kappa shape index (κ2) is 6.53. The standard InChI is InChI=1S/C18H25N3O/c1-13(2)15-7-6-14-4-3-5-18(17(14)10-15)20-16-11-19-21(12-16)8-9-22/h6-7,10-13,18,20,22H,3-5,8-9H2,1-2H3. The van der Waals surface area contributed by atoms with Gasteiger partial charge in [0.15, 0.2) is 0 Å². The summed E-state index contributed by atoms with van der Waals surface area (Å²) in [6.07, 6.45) is 7.36. The number of benzene rings is 1. The molecule has 1 aliphatic carbocycles. The summed E-state index contributed by atoms with van der Waals surface area (Å²) in [4.78, 5) is 0. The highest BCUT2D eigenvalue weighted by Gasteiger charge is 2.21. The van der Waals surface area contributed by atoms with Crippen molar-refractivity contribution in [2.24, 2.45) is 0 Å². The quantitative estimate of drug-likeness (QED) is 0.888. The van der Waals surface area contributed by atoms with Crippen molar-refractivity contribution in [2.45, 2.75) is 51.6 Å². The number of hydrogen-bond donors (Lipinski definition) is 2. The number of aliphatic hydroxyl groups excluding tert-OH is 1. The van der Waals surface area contributed by atoms with Gasteiger partial charge in [-0.2, -0.15) is 5.10 Å². The zero-order valence-electron chi connectivity index (χ0n) is 13.4. The molecule has 4 heteroatoms. The van der Waals surface area contributed by atoms with Gasteiger partial charge in [-0.15, -0.1) is 0 Å². The molecular weight excluding hydrogens is 274 g/mol. The molecule has 2 aromatic rings. The van der Waals surface area contributed by atoms with Crippen molar-refractivity contribution in [3.63, 3.8) is 0 Å². The van der Waals surface area contributed by atoms with Crippen molar-refractivity contribution in [2.75, 3.05) is 11.9 Å². The lowest BCUT2D eigenvalue weighted by molar-refractivity contribution is 0.269. The average molecular weight is 299 g/mol. The summed E-state index contributed by atoms with van der Waals surface area (Å²) in [7, 11) is 0. The Hall–Kier alpha value is -1.81. The lowest BCUT2D eigenvalue weighted by Gasteiger charge is -2.27. The van der Waals surface area contributed by atoms with Gasteiger partial charge in [0.2, 0.25) is 0 Å². The molecule has 1 heterocycles. The number of fused-ring (bicyclic) bond motifs is 1. The summed E-state index contributed by atoms with van der Waals surface area (Å²) < 4.78 is 1.77. The molecule has 0 spiro atoms. The van der Waals surface area contributed by atoms with E-state index in [1.807, 2.05) is 12.4 Å². The molecule has 1 aliphatic rings. The smallest absolute Gasteiger partial charge is 0.0731 e. The Bertz CT molecular complexity index is 633. The normalized spacial score (nSPS) is 17.5. The van der Waals surface area contributed by atoms with Crippen LogP contribution < -0.4 is 5.32 Å². The fraction of sp³-hybridized carbons (Fsp3) is 0.500. The van der Waals surface area contributed by atoms with Crippen LogP contribution in [0.4, 0.5) is 5.69 Å². The molecule has 0 saturated heterocycles. The summed E-state index contributed by atoms with van der Waals surface area (Å²) in [5, 5.41) is 16.9. The number of anilines is 1. The van der Waals surface area contributed by atoms with E-state index >= 15 is 0 Å². The van der Waals surface area contributed by atoms with E-state index in [4.69, 9.17) is 5.11 Å². The van der Waals surface area contributed by atoms with E-state index < -0.39 is 0 Å². The van der Waals surface area contributed by atoms with Crippen LogP contribution in [0.25, 0.3) is 0 Å². The maximum absolute atomic E-state index is 8.98. The van der Waals surface area contributed by atoms with Crippen molar-refractivity contribution >= 4 is 5.69 Å². The van der Waals surface area contributed by atoms with Crippen LogP contribution in [0.5, 0.6) is 0 Å². The van der Waals surface area contributed by atoms with Crippen molar-refractivity contribution in [3.05, 3.63) is 47.3 Å². The highest BCUT2D eigenvalue weighted by molar-refractivity contribution is 5.46. The van der Waals surface area contributed by atoms with Crippen molar-refractivity contribution in [1.82, 2.24) is 9.78 Å². The van der Waals surface area contributed by atoms with Crippen LogP contribution in [-0.4, -0.2) is 21.5 Å². The van der Waals surface area contributed by atoms with Crippen LogP contribution in [0.1, 0.15) is 55.3 Å². The largest absolute Gasteiger partial charge is 0.394 e. The molecule has 1 aromatic carbocycles. The summed E-state index contributed by atoms with van der Waals surface area (Å²) >= 11 is 0. The number of nitrogens with zero attached hydrogens (tertiary/aromatic N) is 2. The minimum Gasteiger partial charge on any atom is -0.394 e. The van der Waals surface area contributed by atoms with Crippen LogP contribution in [-0.2, 0) is 13.0 Å². The topological polar surface area (TPSA) is 50.1 Å². The van der Waals surface area contributed by atoms with Crippen LogP contribution in [0.3, 0.4) is 0 Å². The molecule has 1 aromatic heterocycles. The molecule has 1 atom stereocenters. The van der Waals surface area contributed by atoms with Gasteiger partial charge < -0.3 is 10.4 Å². The maximum Gasteiger partial charge on any atom is 0.0731 e. The molecular formula is C18H25N3O. The summed E-state index contributed by atoms with van der Waals surface area (Å²) in [5.41, 5.74) is 5.34. The fourth-order valence-electron chi connectivity index (χ4n) is 3.19. The Morgan fingerprint density at radius 1 is 1.41 bits per heavy atom. The van der Waals surface area contributed by atoms with Crippen molar-refractivity contribution < 1.29 is 5.11 Å². The first kappa shape index (κ1) is 15.1. The molecule has 0 aliphatic heterocycles. The van der Waals surface area contributed by atoms with Crippen LogP contribution in [0, 0.1) is 0 Å². The SMILES string of the molecule is CC(C)c1ccc2c(c1)C(Nc1cnn(CCO)c1)CCC2. The van der Waals surface area contributed by atoms with Gasteiger partial charge in [0.05, 0.1) is 31.1 Å². The summed E-state index contributed by atoms with van der Waals surface area (Å²) in [5.74, 6) is 0.556. The third kappa shape index (κ3) is 3.17. The lowest BCUT2D eigenvalue weighted by atomic mass is 9.85.